The lowest BCUT2D eigenvalue weighted by Gasteiger charge is -2.29. The highest BCUT2D eigenvalue weighted by Crippen LogP contribution is 2.35. The number of benzene rings is 1. The topological polar surface area (TPSA) is 62.4 Å². The number of aryl methyl sites for hydroxylation is 2. The Morgan fingerprint density at radius 3 is 2.89 bits per heavy atom. The standard InChI is InChI=1S/C21H25N3O2S/c25-14-5-13-24(18-11-10-16-6-1-2-7-17(16)18)12-3-9-20-22-21(23-26-20)19-8-4-15-27-19/h1-2,4,6-8,15,18,25H,3,5,9-14H2. The van der Waals surface area contributed by atoms with Crippen LogP contribution in [0, 0.1) is 0 Å². The fraction of sp³-hybridized carbons (Fsp3) is 0.429. The molecule has 1 aliphatic carbocycles. The van der Waals surface area contributed by atoms with Crippen LogP contribution in [0.3, 0.4) is 0 Å². The number of hydrogen-bond acceptors (Lipinski definition) is 6. The molecule has 1 aromatic carbocycles. The number of aromatic nitrogens is 2. The summed E-state index contributed by atoms with van der Waals surface area (Å²) in [5.41, 5.74) is 2.92. The monoisotopic (exact) mass is 383 g/mol. The second kappa shape index (κ2) is 8.78. The van der Waals surface area contributed by atoms with Crippen molar-refractivity contribution in [3.05, 3.63) is 58.8 Å². The van der Waals surface area contributed by atoms with Crippen LogP contribution in [0.25, 0.3) is 10.7 Å². The third-order valence-corrected chi connectivity index (χ3v) is 6.06. The molecule has 0 saturated carbocycles. The first-order chi connectivity index (χ1) is 13.3. The van der Waals surface area contributed by atoms with E-state index in [1.165, 1.54) is 11.1 Å². The quantitative estimate of drug-likeness (QED) is 0.603. The minimum atomic E-state index is 0.235. The van der Waals surface area contributed by atoms with Gasteiger partial charge < -0.3 is 9.63 Å². The van der Waals surface area contributed by atoms with E-state index in [4.69, 9.17) is 4.52 Å². The highest BCUT2D eigenvalue weighted by atomic mass is 32.1. The zero-order valence-electron chi connectivity index (χ0n) is 15.4. The molecule has 0 bridgehead atoms. The first-order valence-corrected chi connectivity index (χ1v) is 10.5. The van der Waals surface area contributed by atoms with Crippen LogP contribution in [-0.2, 0) is 12.8 Å². The van der Waals surface area contributed by atoms with E-state index in [0.29, 0.717) is 17.8 Å². The first-order valence-electron chi connectivity index (χ1n) is 9.64. The number of aliphatic hydroxyl groups is 1. The van der Waals surface area contributed by atoms with Crippen molar-refractivity contribution in [1.29, 1.82) is 0 Å². The summed E-state index contributed by atoms with van der Waals surface area (Å²) >= 11 is 1.62. The second-order valence-electron chi connectivity index (χ2n) is 6.96. The van der Waals surface area contributed by atoms with Gasteiger partial charge in [-0.2, -0.15) is 4.98 Å². The summed E-state index contributed by atoms with van der Waals surface area (Å²) in [5, 5.41) is 15.4. The van der Waals surface area contributed by atoms with E-state index in [9.17, 15) is 5.11 Å². The van der Waals surface area contributed by atoms with Gasteiger partial charge in [0.05, 0.1) is 4.88 Å². The summed E-state index contributed by atoms with van der Waals surface area (Å²) in [4.78, 5) is 8.07. The van der Waals surface area contributed by atoms with E-state index in [-0.39, 0.29) is 6.61 Å². The summed E-state index contributed by atoms with van der Waals surface area (Å²) < 4.78 is 5.42. The van der Waals surface area contributed by atoms with Crippen LogP contribution in [0.1, 0.15) is 42.3 Å². The number of fused-ring (bicyclic) bond motifs is 1. The minimum Gasteiger partial charge on any atom is -0.396 e. The van der Waals surface area contributed by atoms with Crippen molar-refractivity contribution in [3.63, 3.8) is 0 Å². The first kappa shape index (κ1) is 18.3. The van der Waals surface area contributed by atoms with Crippen molar-refractivity contribution < 1.29 is 9.63 Å². The van der Waals surface area contributed by atoms with Crippen LogP contribution in [0.2, 0.25) is 0 Å². The molecule has 0 fully saturated rings. The van der Waals surface area contributed by atoms with Crippen molar-refractivity contribution in [2.75, 3.05) is 19.7 Å². The molecule has 1 aliphatic rings. The molecular formula is C21H25N3O2S. The van der Waals surface area contributed by atoms with Gasteiger partial charge in [0.2, 0.25) is 11.7 Å². The lowest BCUT2D eigenvalue weighted by atomic mass is 10.1. The predicted molar refractivity (Wildman–Crippen MR) is 107 cm³/mol. The molecule has 1 unspecified atom stereocenters. The van der Waals surface area contributed by atoms with Gasteiger partial charge in [-0.3, -0.25) is 4.90 Å². The average molecular weight is 384 g/mol. The Hall–Kier alpha value is -2.02. The van der Waals surface area contributed by atoms with Gasteiger partial charge in [0, 0.05) is 25.6 Å². The van der Waals surface area contributed by atoms with Gasteiger partial charge in [-0.15, -0.1) is 11.3 Å². The maximum Gasteiger partial charge on any atom is 0.227 e. The van der Waals surface area contributed by atoms with Crippen LogP contribution in [-0.4, -0.2) is 39.8 Å². The molecule has 0 saturated heterocycles. The number of thiophene rings is 1. The lowest BCUT2D eigenvalue weighted by molar-refractivity contribution is 0.170. The van der Waals surface area contributed by atoms with E-state index < -0.39 is 0 Å². The Labute approximate surface area is 163 Å². The molecule has 0 radical (unpaired) electrons. The van der Waals surface area contributed by atoms with E-state index in [2.05, 4.69) is 39.3 Å². The lowest BCUT2D eigenvalue weighted by Crippen LogP contribution is -2.30. The molecule has 27 heavy (non-hydrogen) atoms. The minimum absolute atomic E-state index is 0.235. The van der Waals surface area contributed by atoms with Crippen molar-refractivity contribution in [1.82, 2.24) is 15.0 Å². The zero-order valence-corrected chi connectivity index (χ0v) is 16.2. The molecule has 6 heteroatoms. The third-order valence-electron chi connectivity index (χ3n) is 5.19. The Morgan fingerprint density at radius 1 is 1.15 bits per heavy atom. The molecule has 3 aromatic rings. The van der Waals surface area contributed by atoms with Crippen LogP contribution < -0.4 is 0 Å². The normalized spacial score (nSPS) is 16.1. The molecule has 0 spiro atoms. The number of nitrogens with zero attached hydrogens (tertiary/aromatic N) is 3. The van der Waals surface area contributed by atoms with Crippen molar-refractivity contribution >= 4 is 11.3 Å². The fourth-order valence-electron chi connectivity index (χ4n) is 3.91. The Kier molecular flexibility index (Phi) is 5.97. The highest BCUT2D eigenvalue weighted by Gasteiger charge is 2.27. The molecule has 2 aromatic heterocycles. The fourth-order valence-corrected chi connectivity index (χ4v) is 4.56. The molecule has 0 aliphatic heterocycles. The van der Waals surface area contributed by atoms with E-state index in [1.54, 1.807) is 11.3 Å². The van der Waals surface area contributed by atoms with Crippen LogP contribution in [0.15, 0.2) is 46.3 Å². The SMILES string of the molecule is OCCCN(CCCc1nc(-c2cccs2)no1)C1CCc2ccccc21. The Bertz CT molecular complexity index is 847. The van der Waals surface area contributed by atoms with E-state index in [0.717, 1.165) is 50.1 Å². The predicted octanol–water partition coefficient (Wildman–Crippen LogP) is 4.10. The van der Waals surface area contributed by atoms with Crippen LogP contribution in [0.5, 0.6) is 0 Å². The maximum atomic E-state index is 9.29. The van der Waals surface area contributed by atoms with E-state index >= 15 is 0 Å². The molecule has 5 nitrogen and oxygen atoms in total. The highest BCUT2D eigenvalue weighted by molar-refractivity contribution is 7.13. The van der Waals surface area contributed by atoms with Gasteiger partial charge in [-0.25, -0.2) is 0 Å². The van der Waals surface area contributed by atoms with Gasteiger partial charge in [-0.05, 0) is 54.8 Å². The number of hydrogen-bond donors (Lipinski definition) is 1. The van der Waals surface area contributed by atoms with Crippen LogP contribution in [0.4, 0.5) is 0 Å². The molecule has 2 heterocycles. The van der Waals surface area contributed by atoms with Crippen LogP contribution >= 0.6 is 11.3 Å². The van der Waals surface area contributed by atoms with Crippen molar-refractivity contribution in [2.24, 2.45) is 0 Å². The smallest absolute Gasteiger partial charge is 0.227 e. The van der Waals surface area contributed by atoms with Crippen molar-refractivity contribution in [2.45, 2.75) is 38.1 Å². The molecule has 1 N–H and O–H groups in total. The zero-order chi connectivity index (χ0) is 18.5. The molecule has 1 atom stereocenters. The van der Waals surface area contributed by atoms with Gasteiger partial charge in [0.15, 0.2) is 0 Å². The molecule has 4 rings (SSSR count). The average Bonchev–Trinajstić information content (AvgIpc) is 3.44. The van der Waals surface area contributed by atoms with Crippen molar-refractivity contribution in [3.8, 4) is 10.7 Å². The van der Waals surface area contributed by atoms with Gasteiger partial charge in [0.25, 0.3) is 0 Å². The largest absolute Gasteiger partial charge is 0.396 e. The summed E-state index contributed by atoms with van der Waals surface area (Å²) in [6.07, 6.45) is 4.86. The van der Waals surface area contributed by atoms with Gasteiger partial charge in [-0.1, -0.05) is 35.5 Å². The number of aliphatic hydroxyl groups excluding tert-OH is 1. The van der Waals surface area contributed by atoms with Gasteiger partial charge >= 0.3 is 0 Å². The molecular weight excluding hydrogens is 358 g/mol. The molecule has 0 amide bonds. The summed E-state index contributed by atoms with van der Waals surface area (Å²) in [6, 6.07) is 13.2. The Balaban J connectivity index is 1.37. The summed E-state index contributed by atoms with van der Waals surface area (Å²) in [6.45, 7) is 2.12. The number of rotatable bonds is 9. The second-order valence-corrected chi connectivity index (χ2v) is 7.91. The molecule has 142 valence electrons. The Morgan fingerprint density at radius 2 is 2.04 bits per heavy atom. The maximum absolute atomic E-state index is 9.29. The summed E-state index contributed by atoms with van der Waals surface area (Å²) in [5.74, 6) is 1.38. The van der Waals surface area contributed by atoms with E-state index in [1.807, 2.05) is 17.5 Å². The summed E-state index contributed by atoms with van der Waals surface area (Å²) in [7, 11) is 0. The third kappa shape index (κ3) is 4.29. The van der Waals surface area contributed by atoms with Gasteiger partial charge in [0.1, 0.15) is 0 Å².